The number of amides is 1. The van der Waals surface area contributed by atoms with Gasteiger partial charge in [0.15, 0.2) is 5.96 Å². The monoisotopic (exact) mass is 444 g/mol. The van der Waals surface area contributed by atoms with Crippen LogP contribution in [0.2, 0.25) is 0 Å². The summed E-state index contributed by atoms with van der Waals surface area (Å²) in [6.45, 7) is 6.08. The molecule has 0 spiro atoms. The van der Waals surface area contributed by atoms with E-state index in [1.54, 1.807) is 7.05 Å². The van der Waals surface area contributed by atoms with Crippen LogP contribution in [0.25, 0.3) is 0 Å². The summed E-state index contributed by atoms with van der Waals surface area (Å²) in [5.41, 5.74) is 0.693. The molecule has 0 aliphatic carbocycles. The third kappa shape index (κ3) is 8.90. The Balaban J connectivity index is 0.00000529. The highest BCUT2D eigenvalue weighted by Gasteiger charge is 2.05. The molecule has 1 rings (SSSR count). The smallest absolute Gasteiger partial charge is 0.251 e. The summed E-state index contributed by atoms with van der Waals surface area (Å²) in [5.74, 6) is 0.847. The van der Waals surface area contributed by atoms with Crippen molar-refractivity contribution < 1.29 is 4.79 Å². The van der Waals surface area contributed by atoms with Gasteiger partial charge >= 0.3 is 0 Å². The normalized spacial score (nSPS) is 10.5. The molecule has 1 aromatic carbocycles. The number of carbonyl (C=O) groups excluding carboxylic acids is 1. The maximum Gasteiger partial charge on any atom is 0.251 e. The SMILES string of the molecule is C=CCCCN(C)C(=NC)NCCCNC(=O)c1ccccc1.I. The predicted octanol–water partition coefficient (Wildman–Crippen LogP) is 2.90. The molecule has 0 unspecified atom stereocenters. The zero-order valence-electron chi connectivity index (χ0n) is 14.6. The van der Waals surface area contributed by atoms with E-state index >= 15 is 0 Å². The summed E-state index contributed by atoms with van der Waals surface area (Å²) >= 11 is 0. The van der Waals surface area contributed by atoms with Crippen LogP contribution in [0.1, 0.15) is 29.6 Å². The molecular weight excluding hydrogens is 415 g/mol. The lowest BCUT2D eigenvalue weighted by molar-refractivity contribution is 0.0953. The van der Waals surface area contributed by atoms with E-state index in [4.69, 9.17) is 0 Å². The van der Waals surface area contributed by atoms with Crippen LogP contribution in [0.3, 0.4) is 0 Å². The minimum absolute atomic E-state index is 0. The van der Waals surface area contributed by atoms with Crippen LogP contribution in [0.4, 0.5) is 0 Å². The third-order valence-electron chi connectivity index (χ3n) is 3.43. The largest absolute Gasteiger partial charge is 0.356 e. The van der Waals surface area contributed by atoms with Crippen LogP contribution in [0.5, 0.6) is 0 Å². The first-order chi connectivity index (χ1) is 11.2. The zero-order chi connectivity index (χ0) is 16.9. The molecule has 0 aliphatic rings. The molecule has 0 bridgehead atoms. The minimum Gasteiger partial charge on any atom is -0.356 e. The van der Waals surface area contributed by atoms with Gasteiger partial charge in [-0.15, -0.1) is 30.6 Å². The molecule has 0 radical (unpaired) electrons. The van der Waals surface area contributed by atoms with E-state index in [1.165, 1.54) is 0 Å². The lowest BCUT2D eigenvalue weighted by Gasteiger charge is -2.21. The maximum absolute atomic E-state index is 11.9. The summed E-state index contributed by atoms with van der Waals surface area (Å²) < 4.78 is 0. The van der Waals surface area contributed by atoms with Crippen molar-refractivity contribution >= 4 is 35.8 Å². The number of carbonyl (C=O) groups is 1. The predicted molar refractivity (Wildman–Crippen MR) is 112 cm³/mol. The van der Waals surface area contributed by atoms with Crippen LogP contribution in [-0.4, -0.2) is 50.5 Å². The van der Waals surface area contributed by atoms with Gasteiger partial charge < -0.3 is 15.5 Å². The summed E-state index contributed by atoms with van der Waals surface area (Å²) in [7, 11) is 3.80. The van der Waals surface area contributed by atoms with Crippen molar-refractivity contribution in [2.75, 3.05) is 33.7 Å². The molecule has 134 valence electrons. The maximum atomic E-state index is 11.9. The Morgan fingerprint density at radius 2 is 1.88 bits per heavy atom. The van der Waals surface area contributed by atoms with Gasteiger partial charge in [-0.25, -0.2) is 0 Å². The van der Waals surface area contributed by atoms with Crippen LogP contribution in [0.15, 0.2) is 48.0 Å². The van der Waals surface area contributed by atoms with E-state index in [1.807, 2.05) is 43.5 Å². The fourth-order valence-electron chi connectivity index (χ4n) is 2.15. The van der Waals surface area contributed by atoms with Gasteiger partial charge in [-0.3, -0.25) is 9.79 Å². The molecule has 2 N–H and O–H groups in total. The van der Waals surface area contributed by atoms with Crippen molar-refractivity contribution in [3.63, 3.8) is 0 Å². The number of aliphatic imine (C=N–C) groups is 1. The molecule has 5 nitrogen and oxygen atoms in total. The second-order valence-electron chi connectivity index (χ2n) is 5.30. The average molecular weight is 444 g/mol. The van der Waals surface area contributed by atoms with Crippen molar-refractivity contribution in [1.29, 1.82) is 0 Å². The van der Waals surface area contributed by atoms with Crippen molar-refractivity contribution in [3.05, 3.63) is 48.6 Å². The molecule has 24 heavy (non-hydrogen) atoms. The van der Waals surface area contributed by atoms with E-state index < -0.39 is 0 Å². The molecule has 0 saturated heterocycles. The zero-order valence-corrected chi connectivity index (χ0v) is 17.0. The number of nitrogens with zero attached hydrogens (tertiary/aromatic N) is 2. The molecule has 0 atom stereocenters. The first-order valence-electron chi connectivity index (χ1n) is 8.05. The lowest BCUT2D eigenvalue weighted by Crippen LogP contribution is -2.40. The molecule has 0 aliphatic heterocycles. The third-order valence-corrected chi connectivity index (χ3v) is 3.43. The molecule has 0 saturated carbocycles. The van der Waals surface area contributed by atoms with E-state index in [-0.39, 0.29) is 29.9 Å². The Hall–Kier alpha value is -1.57. The van der Waals surface area contributed by atoms with Crippen molar-refractivity contribution in [1.82, 2.24) is 15.5 Å². The highest BCUT2D eigenvalue weighted by Crippen LogP contribution is 1.97. The molecule has 0 aromatic heterocycles. The molecule has 1 aromatic rings. The van der Waals surface area contributed by atoms with Gasteiger partial charge in [-0.2, -0.15) is 0 Å². The first-order valence-corrected chi connectivity index (χ1v) is 8.05. The quantitative estimate of drug-likeness (QED) is 0.203. The number of unbranched alkanes of at least 4 members (excludes halogenated alkanes) is 1. The van der Waals surface area contributed by atoms with Gasteiger partial charge in [-0.1, -0.05) is 24.3 Å². The number of hydrogen-bond donors (Lipinski definition) is 2. The van der Waals surface area contributed by atoms with Crippen molar-refractivity contribution in [2.45, 2.75) is 19.3 Å². The average Bonchev–Trinajstić information content (AvgIpc) is 2.58. The fraction of sp³-hybridized carbons (Fsp3) is 0.444. The number of rotatable bonds is 9. The van der Waals surface area contributed by atoms with Gasteiger partial charge in [0.25, 0.3) is 5.91 Å². The van der Waals surface area contributed by atoms with Crippen LogP contribution >= 0.6 is 24.0 Å². The molecule has 0 heterocycles. The number of guanidine groups is 1. The van der Waals surface area contributed by atoms with Gasteiger partial charge in [0.1, 0.15) is 0 Å². The summed E-state index contributed by atoms with van der Waals surface area (Å²) in [6, 6.07) is 9.25. The highest BCUT2D eigenvalue weighted by molar-refractivity contribution is 14.0. The Bertz CT molecular complexity index is 505. The second kappa shape index (κ2) is 13.8. The van der Waals surface area contributed by atoms with E-state index in [9.17, 15) is 4.79 Å². The Kier molecular flexibility index (Phi) is 12.9. The lowest BCUT2D eigenvalue weighted by atomic mass is 10.2. The standard InChI is InChI=1S/C18H28N4O.HI/c1-4-5-9-15-22(3)18(19-2)21-14-10-13-20-17(23)16-11-7-6-8-12-16;/h4,6-8,11-12H,1,5,9-10,13-15H2,2-3H3,(H,19,21)(H,20,23);1H. The summed E-state index contributed by atoms with van der Waals surface area (Å²) in [4.78, 5) is 18.2. The minimum atomic E-state index is -0.0310. The number of halogens is 1. The van der Waals surface area contributed by atoms with Gasteiger partial charge in [0, 0.05) is 39.3 Å². The number of hydrogen-bond acceptors (Lipinski definition) is 2. The Labute approximate surface area is 162 Å². The van der Waals surface area contributed by atoms with Crippen LogP contribution in [0, 0.1) is 0 Å². The summed E-state index contributed by atoms with van der Waals surface area (Å²) in [5, 5.41) is 6.23. The van der Waals surface area contributed by atoms with Crippen LogP contribution < -0.4 is 10.6 Å². The Morgan fingerprint density at radius 1 is 1.21 bits per heavy atom. The van der Waals surface area contributed by atoms with Gasteiger partial charge in [-0.05, 0) is 31.4 Å². The van der Waals surface area contributed by atoms with Crippen molar-refractivity contribution in [3.8, 4) is 0 Å². The van der Waals surface area contributed by atoms with Crippen LogP contribution in [-0.2, 0) is 0 Å². The first kappa shape index (κ1) is 22.4. The Morgan fingerprint density at radius 3 is 2.50 bits per heavy atom. The van der Waals surface area contributed by atoms with Gasteiger partial charge in [0.05, 0.1) is 0 Å². The van der Waals surface area contributed by atoms with Crippen molar-refractivity contribution in [2.24, 2.45) is 4.99 Å². The van der Waals surface area contributed by atoms with Gasteiger partial charge in [0.2, 0.25) is 0 Å². The molecule has 0 fully saturated rings. The van der Waals surface area contributed by atoms with E-state index in [0.717, 1.165) is 38.3 Å². The summed E-state index contributed by atoms with van der Waals surface area (Å²) in [6.07, 6.45) is 4.85. The number of nitrogens with one attached hydrogen (secondary N) is 2. The van der Waals surface area contributed by atoms with E-state index in [2.05, 4.69) is 27.1 Å². The highest BCUT2D eigenvalue weighted by atomic mass is 127. The molecule has 6 heteroatoms. The second-order valence-corrected chi connectivity index (χ2v) is 5.30. The number of benzene rings is 1. The topological polar surface area (TPSA) is 56.7 Å². The molecular formula is C18H29IN4O. The number of allylic oxidation sites excluding steroid dienone is 1. The fourth-order valence-corrected chi connectivity index (χ4v) is 2.15. The molecule has 1 amide bonds. The van der Waals surface area contributed by atoms with E-state index in [0.29, 0.717) is 12.1 Å².